The second-order valence-corrected chi connectivity index (χ2v) is 6.51. The molecule has 0 atom stereocenters. The predicted octanol–water partition coefficient (Wildman–Crippen LogP) is 5.01. The average molecular weight is 342 g/mol. The maximum atomic E-state index is 13.0. The quantitative estimate of drug-likeness (QED) is 0.655. The first-order valence-electron chi connectivity index (χ1n) is 7.10. The summed E-state index contributed by atoms with van der Waals surface area (Å²) in [5, 5.41) is 0. The molecule has 0 saturated heterocycles. The lowest BCUT2D eigenvalue weighted by atomic mass is 10.3. The van der Waals surface area contributed by atoms with Gasteiger partial charge in [-0.2, -0.15) is 0 Å². The van der Waals surface area contributed by atoms with Gasteiger partial charge < -0.3 is 9.46 Å². The van der Waals surface area contributed by atoms with Crippen molar-refractivity contribution < 1.29 is 17.5 Å². The van der Waals surface area contributed by atoms with E-state index in [2.05, 4.69) is 4.72 Å². The van der Waals surface area contributed by atoms with Crippen molar-refractivity contribution >= 4 is 15.7 Å². The van der Waals surface area contributed by atoms with Gasteiger partial charge in [-0.1, -0.05) is 42.1 Å². The zero-order chi connectivity index (χ0) is 17.0. The number of ether oxygens (including phenoxy) is 1. The average Bonchev–Trinajstić information content (AvgIpc) is 2.58. The van der Waals surface area contributed by atoms with Gasteiger partial charge in [-0.15, -0.1) is 0 Å². The summed E-state index contributed by atoms with van der Waals surface area (Å²) in [6, 6.07) is 20.0. The normalized spacial score (nSPS) is 11.0. The SMILES string of the molecule is O=S(=O)([N-]c1ccccc1Oc1ccccc1)c1ccc(F)cc1. The number of rotatable bonds is 5. The first-order valence-corrected chi connectivity index (χ1v) is 8.54. The Balaban J connectivity index is 1.89. The van der Waals surface area contributed by atoms with Crippen molar-refractivity contribution in [1.29, 1.82) is 0 Å². The van der Waals surface area contributed by atoms with Gasteiger partial charge in [0.1, 0.15) is 27.3 Å². The maximum absolute atomic E-state index is 13.0. The molecule has 0 bridgehead atoms. The number of sulfonamides is 1. The minimum absolute atomic E-state index is 0.0848. The Morgan fingerprint density at radius 2 is 1.42 bits per heavy atom. The molecule has 0 heterocycles. The summed E-state index contributed by atoms with van der Waals surface area (Å²) in [5.74, 6) is 0.371. The molecule has 3 aromatic carbocycles. The largest absolute Gasteiger partial charge is 0.570 e. The molecule has 0 aliphatic carbocycles. The minimum Gasteiger partial charge on any atom is -0.570 e. The lowest BCUT2D eigenvalue weighted by Crippen LogP contribution is -1.98. The van der Waals surface area contributed by atoms with Crippen molar-refractivity contribution in [2.75, 3.05) is 0 Å². The molecule has 0 fully saturated rings. The number of hydrogen-bond acceptors (Lipinski definition) is 3. The molecule has 6 heteroatoms. The Hall–Kier alpha value is -2.86. The first-order chi connectivity index (χ1) is 11.5. The summed E-state index contributed by atoms with van der Waals surface area (Å²) in [6.45, 7) is 0. The number of hydrogen-bond donors (Lipinski definition) is 0. The van der Waals surface area contributed by atoms with Gasteiger partial charge in [0.05, 0.1) is 4.90 Å². The van der Waals surface area contributed by atoms with Crippen molar-refractivity contribution in [3.8, 4) is 11.5 Å². The van der Waals surface area contributed by atoms with Crippen LogP contribution in [-0.4, -0.2) is 8.42 Å². The van der Waals surface area contributed by atoms with Crippen LogP contribution in [0.15, 0.2) is 83.8 Å². The molecule has 0 aromatic heterocycles. The Morgan fingerprint density at radius 3 is 2.12 bits per heavy atom. The van der Waals surface area contributed by atoms with Crippen molar-refractivity contribution in [2.24, 2.45) is 0 Å². The highest BCUT2D eigenvalue weighted by Crippen LogP contribution is 2.38. The summed E-state index contributed by atoms with van der Waals surface area (Å²) < 4.78 is 47.2. The van der Waals surface area contributed by atoms with Gasteiger partial charge in [-0.05, 0) is 42.5 Å². The summed E-state index contributed by atoms with van der Waals surface area (Å²) in [7, 11) is -3.97. The molecule has 0 aliphatic rings. The van der Waals surface area contributed by atoms with Crippen molar-refractivity contribution in [3.05, 3.63) is 89.4 Å². The fraction of sp³-hybridized carbons (Fsp3) is 0. The molecule has 0 radical (unpaired) electrons. The van der Waals surface area contributed by atoms with Crippen molar-refractivity contribution in [3.63, 3.8) is 0 Å². The van der Waals surface area contributed by atoms with E-state index in [4.69, 9.17) is 4.74 Å². The lowest BCUT2D eigenvalue weighted by molar-refractivity contribution is 0.485. The molecular weight excluding hydrogens is 329 g/mol. The number of halogens is 1. The van der Waals surface area contributed by atoms with E-state index in [1.54, 1.807) is 36.4 Å². The predicted molar refractivity (Wildman–Crippen MR) is 89.6 cm³/mol. The summed E-state index contributed by atoms with van der Waals surface area (Å²) in [4.78, 5) is -0.0848. The van der Waals surface area contributed by atoms with Crippen LogP contribution >= 0.6 is 0 Å². The van der Waals surface area contributed by atoms with E-state index < -0.39 is 15.8 Å². The highest BCUT2D eigenvalue weighted by atomic mass is 32.2. The van der Waals surface area contributed by atoms with Gasteiger partial charge in [0.15, 0.2) is 0 Å². The standard InChI is InChI=1S/C18H13FNO3S/c19-14-10-12-16(13-11-14)24(21,22)20-17-8-4-5-9-18(17)23-15-6-2-1-3-7-15/h1-13H/q-1. The lowest BCUT2D eigenvalue weighted by Gasteiger charge is -2.24. The molecule has 0 amide bonds. The Morgan fingerprint density at radius 1 is 0.792 bits per heavy atom. The number of nitrogens with zero attached hydrogens (tertiary/aromatic N) is 1. The van der Waals surface area contributed by atoms with E-state index in [1.807, 2.05) is 18.2 Å². The number of para-hydroxylation sites is 2. The van der Waals surface area contributed by atoms with Crippen LogP contribution in [0.1, 0.15) is 0 Å². The molecule has 0 unspecified atom stereocenters. The van der Waals surface area contributed by atoms with Gasteiger partial charge in [-0.3, -0.25) is 0 Å². The van der Waals surface area contributed by atoms with Crippen molar-refractivity contribution in [2.45, 2.75) is 4.90 Å². The summed E-state index contributed by atoms with van der Waals surface area (Å²) in [6.07, 6.45) is 0. The van der Waals surface area contributed by atoms with Crippen molar-refractivity contribution in [1.82, 2.24) is 0 Å². The first kappa shape index (κ1) is 16.0. The minimum atomic E-state index is -3.97. The summed E-state index contributed by atoms with van der Waals surface area (Å²) >= 11 is 0. The van der Waals surface area contributed by atoms with E-state index in [9.17, 15) is 12.8 Å². The molecule has 0 saturated carbocycles. The highest BCUT2D eigenvalue weighted by molar-refractivity contribution is 7.94. The van der Waals surface area contributed by atoms with Gasteiger partial charge in [0.2, 0.25) is 0 Å². The zero-order valence-corrected chi connectivity index (χ0v) is 13.3. The van der Waals surface area contributed by atoms with Crippen LogP contribution in [0.3, 0.4) is 0 Å². The van der Waals surface area contributed by atoms with E-state index in [1.165, 1.54) is 12.1 Å². The molecule has 122 valence electrons. The van der Waals surface area contributed by atoms with Gasteiger partial charge >= 0.3 is 0 Å². The fourth-order valence-corrected chi connectivity index (χ4v) is 3.02. The zero-order valence-electron chi connectivity index (χ0n) is 12.5. The van der Waals surface area contributed by atoms with Crippen LogP contribution in [-0.2, 0) is 10.0 Å². The van der Waals surface area contributed by atoms with Gasteiger partial charge in [-0.25, -0.2) is 12.8 Å². The maximum Gasteiger partial charge on any atom is 0.127 e. The highest BCUT2D eigenvalue weighted by Gasteiger charge is 2.07. The van der Waals surface area contributed by atoms with Gasteiger partial charge in [0.25, 0.3) is 0 Å². The summed E-state index contributed by atoms with van der Waals surface area (Å²) in [5.41, 5.74) is 0.172. The van der Waals surface area contributed by atoms with Crippen LogP contribution < -0.4 is 4.74 Å². The third kappa shape index (κ3) is 3.72. The third-order valence-corrected chi connectivity index (χ3v) is 4.47. The van der Waals surface area contributed by atoms with E-state index in [0.29, 0.717) is 11.5 Å². The van der Waals surface area contributed by atoms with Crippen LogP contribution in [0.4, 0.5) is 10.1 Å². The van der Waals surface area contributed by atoms with Gasteiger partial charge in [0, 0.05) is 0 Å². The Bertz CT molecular complexity index is 926. The second kappa shape index (κ2) is 6.72. The molecule has 4 nitrogen and oxygen atoms in total. The third-order valence-electron chi connectivity index (χ3n) is 3.17. The Kier molecular flexibility index (Phi) is 4.48. The monoisotopic (exact) mass is 342 g/mol. The topological polar surface area (TPSA) is 57.5 Å². The molecule has 3 rings (SSSR count). The molecular formula is C18H13FNO3S-. The molecule has 0 aliphatic heterocycles. The number of benzene rings is 3. The van der Waals surface area contributed by atoms with Crippen LogP contribution in [0.2, 0.25) is 0 Å². The van der Waals surface area contributed by atoms with E-state index in [-0.39, 0.29) is 10.6 Å². The second-order valence-electron chi connectivity index (χ2n) is 4.90. The van der Waals surface area contributed by atoms with Crippen LogP contribution in [0.25, 0.3) is 4.72 Å². The van der Waals surface area contributed by atoms with Crippen LogP contribution in [0.5, 0.6) is 11.5 Å². The van der Waals surface area contributed by atoms with E-state index >= 15 is 0 Å². The van der Waals surface area contributed by atoms with Crippen LogP contribution in [0, 0.1) is 5.82 Å². The molecule has 0 spiro atoms. The molecule has 24 heavy (non-hydrogen) atoms. The smallest absolute Gasteiger partial charge is 0.127 e. The Labute approximate surface area is 139 Å². The molecule has 0 N–H and O–H groups in total. The fourth-order valence-electron chi connectivity index (χ4n) is 2.02. The molecule has 3 aromatic rings. The van der Waals surface area contributed by atoms with E-state index in [0.717, 1.165) is 12.1 Å².